The Morgan fingerprint density at radius 1 is 1.08 bits per heavy atom. The molecule has 0 saturated carbocycles. The van der Waals surface area contributed by atoms with E-state index in [2.05, 4.69) is 11.7 Å². The van der Waals surface area contributed by atoms with Gasteiger partial charge in [-0.2, -0.15) is 31.4 Å². The van der Waals surface area contributed by atoms with E-state index in [0.29, 0.717) is 35.6 Å². The van der Waals surface area contributed by atoms with Crippen LogP contribution in [0, 0.1) is 5.92 Å². The summed E-state index contributed by atoms with van der Waals surface area (Å²) in [7, 11) is 0. The molecule has 0 spiro atoms. The van der Waals surface area contributed by atoms with Crippen LogP contribution in [0.15, 0.2) is 82.3 Å². The number of alkyl halides is 6. The highest BCUT2D eigenvalue weighted by Gasteiger charge is 2.37. The predicted octanol–water partition coefficient (Wildman–Crippen LogP) is 8.71. The molecule has 39 heavy (non-hydrogen) atoms. The topological polar surface area (TPSA) is 58.7 Å². The molecular formula is C28H32ClF6N3O. The highest BCUT2D eigenvalue weighted by Crippen LogP contribution is 2.37. The first-order valence-corrected chi connectivity index (χ1v) is 12.3. The molecule has 0 aliphatic heterocycles. The maximum absolute atomic E-state index is 13.5. The average molecular weight is 576 g/mol. The summed E-state index contributed by atoms with van der Waals surface area (Å²) in [5.74, 6) is -1.42. The minimum Gasteiger partial charge on any atom is -0.366 e. The number of halogens is 7. The molecule has 11 heteroatoms. The summed E-state index contributed by atoms with van der Waals surface area (Å²) in [6.07, 6.45) is -1.88. The number of amides is 1. The number of nitrogens with zero attached hydrogens (tertiary/aromatic N) is 2. The van der Waals surface area contributed by atoms with Crippen molar-refractivity contribution in [2.75, 3.05) is 0 Å². The van der Waals surface area contributed by atoms with Crippen LogP contribution in [0.4, 0.5) is 26.3 Å². The lowest BCUT2D eigenvalue weighted by Crippen LogP contribution is -2.21. The van der Waals surface area contributed by atoms with Crippen molar-refractivity contribution in [3.63, 3.8) is 0 Å². The lowest BCUT2D eigenvalue weighted by atomic mass is 9.93. The number of carbonyl (C=O) groups is 1. The standard InChI is InChI=1S/C28H32ClF6N3O/c1-7-17(4)12-20(11-10-19(6)29)24(26(36)39)16-38(9-3)37-25(18(5)8-2)21-13-22(27(30,31)32)15-23(14-21)28(33,34)35/h9-16,18H,3,7-8H2,1-2,4-6H3,(H2,36,39)/b17-12+,19-10+,20-11+,24-16+,37-25+. The Labute approximate surface area is 229 Å². The van der Waals surface area contributed by atoms with Crippen molar-refractivity contribution in [1.82, 2.24) is 5.01 Å². The first-order chi connectivity index (χ1) is 17.9. The molecule has 0 aliphatic rings. The minimum absolute atomic E-state index is 0.0378. The Kier molecular flexibility index (Phi) is 12.3. The van der Waals surface area contributed by atoms with Gasteiger partial charge in [-0.05, 0) is 62.1 Å². The predicted molar refractivity (Wildman–Crippen MR) is 143 cm³/mol. The smallest absolute Gasteiger partial charge is 0.366 e. The van der Waals surface area contributed by atoms with Crippen molar-refractivity contribution in [3.8, 4) is 0 Å². The van der Waals surface area contributed by atoms with Crippen LogP contribution in [0.2, 0.25) is 0 Å². The molecule has 1 atom stereocenters. The molecule has 4 nitrogen and oxygen atoms in total. The second-order valence-electron chi connectivity index (χ2n) is 8.78. The minimum atomic E-state index is -5.02. The molecule has 1 rings (SSSR count). The fraction of sp³-hybridized carbons (Fsp3) is 0.357. The number of hydrazone groups is 1. The van der Waals surface area contributed by atoms with E-state index in [4.69, 9.17) is 17.3 Å². The molecule has 0 heterocycles. The fourth-order valence-corrected chi connectivity index (χ4v) is 3.25. The Balaban J connectivity index is 3.96. The molecule has 1 unspecified atom stereocenters. The van der Waals surface area contributed by atoms with Gasteiger partial charge in [-0.3, -0.25) is 4.79 Å². The number of nitrogens with two attached hydrogens (primary N) is 1. The highest BCUT2D eigenvalue weighted by atomic mass is 35.5. The van der Waals surface area contributed by atoms with Gasteiger partial charge in [0.15, 0.2) is 0 Å². The largest absolute Gasteiger partial charge is 0.416 e. The highest BCUT2D eigenvalue weighted by molar-refractivity contribution is 6.29. The van der Waals surface area contributed by atoms with E-state index in [0.717, 1.165) is 16.8 Å². The van der Waals surface area contributed by atoms with Crippen LogP contribution in [0.5, 0.6) is 0 Å². The maximum atomic E-state index is 13.5. The van der Waals surface area contributed by atoms with E-state index < -0.39 is 35.3 Å². The van der Waals surface area contributed by atoms with E-state index in [1.54, 1.807) is 39.0 Å². The van der Waals surface area contributed by atoms with Crippen LogP contribution in [0.3, 0.4) is 0 Å². The van der Waals surface area contributed by atoms with Gasteiger partial charge in [0.1, 0.15) is 0 Å². The molecule has 0 aromatic heterocycles. The lowest BCUT2D eigenvalue weighted by molar-refractivity contribution is -0.143. The van der Waals surface area contributed by atoms with Crippen LogP contribution >= 0.6 is 11.6 Å². The van der Waals surface area contributed by atoms with Gasteiger partial charge in [0.25, 0.3) is 5.91 Å². The van der Waals surface area contributed by atoms with Crippen molar-refractivity contribution in [1.29, 1.82) is 0 Å². The number of hydrogen-bond acceptors (Lipinski definition) is 3. The third-order valence-electron chi connectivity index (χ3n) is 5.66. The van der Waals surface area contributed by atoms with E-state index in [1.807, 2.05) is 13.8 Å². The Morgan fingerprint density at radius 2 is 1.62 bits per heavy atom. The zero-order valence-electron chi connectivity index (χ0n) is 22.3. The van der Waals surface area contributed by atoms with Gasteiger partial charge in [-0.1, -0.05) is 56.7 Å². The first-order valence-electron chi connectivity index (χ1n) is 12.0. The molecule has 0 fully saturated rings. The molecule has 0 bridgehead atoms. The summed E-state index contributed by atoms with van der Waals surface area (Å²) in [5.41, 5.74) is 3.49. The Morgan fingerprint density at radius 3 is 2.00 bits per heavy atom. The summed E-state index contributed by atoms with van der Waals surface area (Å²) in [6.45, 7) is 12.3. The summed E-state index contributed by atoms with van der Waals surface area (Å²) < 4.78 is 81.0. The van der Waals surface area contributed by atoms with E-state index >= 15 is 0 Å². The monoisotopic (exact) mass is 575 g/mol. The van der Waals surface area contributed by atoms with Crippen molar-refractivity contribution >= 4 is 23.2 Å². The van der Waals surface area contributed by atoms with Crippen molar-refractivity contribution in [2.24, 2.45) is 16.8 Å². The van der Waals surface area contributed by atoms with Crippen molar-refractivity contribution in [2.45, 2.75) is 59.8 Å². The van der Waals surface area contributed by atoms with Crippen LogP contribution in [-0.4, -0.2) is 16.6 Å². The average Bonchev–Trinajstić information content (AvgIpc) is 2.84. The van der Waals surface area contributed by atoms with Crippen LogP contribution in [0.25, 0.3) is 0 Å². The fourth-order valence-electron chi connectivity index (χ4n) is 3.18. The second-order valence-corrected chi connectivity index (χ2v) is 9.37. The van der Waals surface area contributed by atoms with Crippen LogP contribution < -0.4 is 5.73 Å². The number of rotatable bonds is 11. The van der Waals surface area contributed by atoms with E-state index in [1.165, 1.54) is 6.20 Å². The summed E-state index contributed by atoms with van der Waals surface area (Å²) in [4.78, 5) is 12.4. The third kappa shape index (κ3) is 10.4. The summed E-state index contributed by atoms with van der Waals surface area (Å²) >= 11 is 5.94. The second kappa shape index (κ2) is 14.2. The molecule has 2 N–H and O–H groups in total. The van der Waals surface area contributed by atoms with Gasteiger partial charge in [0, 0.05) is 23.4 Å². The zero-order chi connectivity index (χ0) is 30.1. The molecule has 1 amide bonds. The van der Waals surface area contributed by atoms with E-state index in [-0.39, 0.29) is 22.9 Å². The quantitative estimate of drug-likeness (QED) is 0.0943. The Hall–Kier alpha value is -3.27. The van der Waals surface area contributed by atoms with Crippen molar-refractivity contribution < 1.29 is 31.1 Å². The van der Waals surface area contributed by atoms with Crippen LogP contribution in [-0.2, 0) is 17.1 Å². The van der Waals surface area contributed by atoms with Crippen LogP contribution in [0.1, 0.15) is 64.2 Å². The summed E-state index contributed by atoms with van der Waals surface area (Å²) in [6, 6.07) is 1.29. The number of carbonyl (C=O) groups excluding carboxylic acids is 1. The molecule has 1 aromatic carbocycles. The molecular weight excluding hydrogens is 544 g/mol. The molecule has 0 saturated heterocycles. The molecule has 214 valence electrons. The van der Waals surface area contributed by atoms with Gasteiger partial charge in [0.2, 0.25) is 0 Å². The van der Waals surface area contributed by atoms with E-state index in [9.17, 15) is 31.1 Å². The molecule has 1 aromatic rings. The van der Waals surface area contributed by atoms with Gasteiger partial charge >= 0.3 is 12.4 Å². The zero-order valence-corrected chi connectivity index (χ0v) is 23.1. The maximum Gasteiger partial charge on any atom is 0.416 e. The number of benzene rings is 1. The molecule has 0 radical (unpaired) electrons. The SMILES string of the molecule is C=CN(/C=C(/C(N)=O)C(=C/C=C(\C)Cl)/C=C(\C)CC)/N=C(/c1cc(C(F)(F)F)cc(C(F)(F)F)c1)C(C)CC. The summed E-state index contributed by atoms with van der Waals surface area (Å²) in [5, 5.41) is 5.76. The van der Waals surface area contributed by atoms with Gasteiger partial charge in [-0.25, -0.2) is 5.01 Å². The van der Waals surface area contributed by atoms with Crippen molar-refractivity contribution in [3.05, 3.63) is 93.8 Å². The Bertz CT molecular complexity index is 1170. The first kappa shape index (κ1) is 33.8. The van der Waals surface area contributed by atoms with Gasteiger partial charge in [0.05, 0.1) is 22.4 Å². The molecule has 0 aliphatic carbocycles. The lowest BCUT2D eigenvalue weighted by Gasteiger charge is -2.21. The third-order valence-corrected chi connectivity index (χ3v) is 5.79. The normalized spacial score (nSPS) is 15.3. The number of allylic oxidation sites excluding steroid dienone is 5. The number of hydrogen-bond donors (Lipinski definition) is 1. The number of primary amides is 1. The van der Waals surface area contributed by atoms with Gasteiger partial charge < -0.3 is 5.73 Å². The van der Waals surface area contributed by atoms with Gasteiger partial charge in [-0.15, -0.1) is 0 Å².